The minimum Gasteiger partial charge on any atom is -0.494 e. The van der Waals surface area contributed by atoms with Gasteiger partial charge in [-0.15, -0.1) is 11.8 Å². The monoisotopic (exact) mass is 311 g/mol. The summed E-state index contributed by atoms with van der Waals surface area (Å²) >= 11 is 1.47. The molecule has 0 aromatic heterocycles. The van der Waals surface area contributed by atoms with E-state index in [9.17, 15) is 9.90 Å². The second-order valence-corrected chi connectivity index (χ2v) is 6.27. The molecule has 5 heteroatoms. The first kappa shape index (κ1) is 17.9. The number of hydrogen-bond donors (Lipinski definition) is 2. The normalized spacial score (nSPS) is 13.5. The molecule has 1 rings (SSSR count). The Morgan fingerprint density at radius 1 is 1.33 bits per heavy atom. The van der Waals surface area contributed by atoms with E-state index in [-0.39, 0.29) is 5.91 Å². The molecule has 2 N–H and O–H groups in total. The summed E-state index contributed by atoms with van der Waals surface area (Å²) in [5, 5.41) is 12.8. The van der Waals surface area contributed by atoms with Crippen molar-refractivity contribution < 1.29 is 14.6 Å². The van der Waals surface area contributed by atoms with E-state index in [4.69, 9.17) is 4.74 Å². The Hall–Kier alpha value is -1.20. The van der Waals surface area contributed by atoms with Crippen LogP contribution in [-0.4, -0.2) is 35.5 Å². The van der Waals surface area contributed by atoms with Gasteiger partial charge < -0.3 is 15.2 Å². The van der Waals surface area contributed by atoms with Gasteiger partial charge in [-0.3, -0.25) is 4.79 Å². The molecule has 0 aliphatic carbocycles. The molecule has 0 radical (unpaired) electrons. The van der Waals surface area contributed by atoms with Crippen molar-refractivity contribution in [3.8, 4) is 5.75 Å². The lowest BCUT2D eigenvalue weighted by molar-refractivity contribution is -0.119. The topological polar surface area (TPSA) is 58.6 Å². The van der Waals surface area contributed by atoms with Crippen molar-refractivity contribution >= 4 is 17.7 Å². The fraction of sp³-hybridized carbons (Fsp3) is 0.562. The Bertz CT molecular complexity index is 432. The van der Waals surface area contributed by atoms with E-state index in [1.165, 1.54) is 11.8 Å². The number of carbonyl (C=O) groups is 1. The first-order chi connectivity index (χ1) is 9.96. The van der Waals surface area contributed by atoms with Crippen molar-refractivity contribution in [1.29, 1.82) is 0 Å². The maximum absolute atomic E-state index is 11.8. The van der Waals surface area contributed by atoms with Crippen LogP contribution in [0.25, 0.3) is 0 Å². The molecule has 1 aromatic rings. The summed E-state index contributed by atoms with van der Waals surface area (Å²) < 4.78 is 5.37. The van der Waals surface area contributed by atoms with Crippen LogP contribution >= 0.6 is 11.8 Å². The Morgan fingerprint density at radius 3 is 2.57 bits per heavy atom. The molecule has 0 fully saturated rings. The van der Waals surface area contributed by atoms with Crippen molar-refractivity contribution in [2.24, 2.45) is 0 Å². The number of thioether (sulfide) groups is 1. The van der Waals surface area contributed by atoms with Crippen LogP contribution in [0, 0.1) is 0 Å². The Kier molecular flexibility index (Phi) is 7.61. The highest BCUT2D eigenvalue weighted by Gasteiger charge is 2.19. The van der Waals surface area contributed by atoms with Crippen molar-refractivity contribution in [3.63, 3.8) is 0 Å². The summed E-state index contributed by atoms with van der Waals surface area (Å²) in [6.45, 7) is 6.64. The lowest BCUT2D eigenvalue weighted by Gasteiger charge is -2.22. The lowest BCUT2D eigenvalue weighted by Crippen LogP contribution is -2.41. The molecule has 0 bridgehead atoms. The summed E-state index contributed by atoms with van der Waals surface area (Å²) in [6, 6.07) is 7.68. The minimum absolute atomic E-state index is 0.0646. The summed E-state index contributed by atoms with van der Waals surface area (Å²) in [5.74, 6) is 1.11. The summed E-state index contributed by atoms with van der Waals surface area (Å²) in [6.07, 6.45) is 1.57. The highest BCUT2D eigenvalue weighted by molar-refractivity contribution is 8.00. The van der Waals surface area contributed by atoms with Gasteiger partial charge in [0, 0.05) is 11.4 Å². The second kappa shape index (κ2) is 8.95. The van der Waals surface area contributed by atoms with E-state index >= 15 is 0 Å². The van der Waals surface area contributed by atoms with Crippen molar-refractivity contribution in [2.75, 3.05) is 18.9 Å². The lowest BCUT2D eigenvalue weighted by atomic mass is 10.0. The minimum atomic E-state index is -0.825. The largest absolute Gasteiger partial charge is 0.494 e. The van der Waals surface area contributed by atoms with Crippen LogP contribution in [0.5, 0.6) is 5.75 Å². The quantitative estimate of drug-likeness (QED) is 0.689. The van der Waals surface area contributed by atoms with Gasteiger partial charge in [-0.25, -0.2) is 0 Å². The van der Waals surface area contributed by atoms with E-state index < -0.39 is 5.60 Å². The highest BCUT2D eigenvalue weighted by atomic mass is 32.2. The molecule has 1 unspecified atom stereocenters. The predicted octanol–water partition coefficient (Wildman–Crippen LogP) is 2.84. The first-order valence-electron chi connectivity index (χ1n) is 7.31. The number of ether oxygens (including phenoxy) is 1. The first-order valence-corrected chi connectivity index (χ1v) is 8.30. The zero-order valence-corrected chi connectivity index (χ0v) is 13.8. The van der Waals surface area contributed by atoms with Crippen LogP contribution < -0.4 is 10.1 Å². The summed E-state index contributed by atoms with van der Waals surface area (Å²) in [7, 11) is 0. The molecule has 0 spiro atoms. The third-order valence-corrected chi connectivity index (χ3v) is 3.97. The van der Waals surface area contributed by atoms with Crippen LogP contribution in [0.2, 0.25) is 0 Å². The van der Waals surface area contributed by atoms with Gasteiger partial charge in [0.05, 0.1) is 18.0 Å². The van der Waals surface area contributed by atoms with Crippen LogP contribution in [0.1, 0.15) is 33.6 Å². The second-order valence-electron chi connectivity index (χ2n) is 5.22. The fourth-order valence-electron chi connectivity index (χ4n) is 1.91. The van der Waals surface area contributed by atoms with Gasteiger partial charge in [0.2, 0.25) is 5.91 Å². The van der Waals surface area contributed by atoms with E-state index in [1.54, 1.807) is 6.92 Å². The molecule has 4 nitrogen and oxygen atoms in total. The van der Waals surface area contributed by atoms with Crippen LogP contribution in [-0.2, 0) is 4.79 Å². The fourth-order valence-corrected chi connectivity index (χ4v) is 2.64. The van der Waals surface area contributed by atoms with Crippen LogP contribution in [0.15, 0.2) is 29.2 Å². The third kappa shape index (κ3) is 7.39. The molecular weight excluding hydrogens is 286 g/mol. The highest BCUT2D eigenvalue weighted by Crippen LogP contribution is 2.21. The van der Waals surface area contributed by atoms with Gasteiger partial charge in [-0.05, 0) is 44.5 Å². The van der Waals surface area contributed by atoms with E-state index in [0.717, 1.165) is 17.1 Å². The van der Waals surface area contributed by atoms with E-state index in [1.807, 2.05) is 38.1 Å². The van der Waals surface area contributed by atoms with Crippen LogP contribution in [0.3, 0.4) is 0 Å². The van der Waals surface area contributed by atoms with Gasteiger partial charge in [0.25, 0.3) is 0 Å². The maximum Gasteiger partial charge on any atom is 0.230 e. The number of nitrogens with one attached hydrogen (secondary N) is 1. The number of carbonyl (C=O) groups excluding carboxylic acids is 1. The standard InChI is InChI=1S/C16H25NO3S/c1-4-10-16(3,19)12-17-15(18)11-21-14-8-6-13(7-9-14)20-5-2/h6-9,19H,4-5,10-12H2,1-3H3,(H,17,18). The summed E-state index contributed by atoms with van der Waals surface area (Å²) in [4.78, 5) is 12.8. The smallest absolute Gasteiger partial charge is 0.230 e. The van der Waals surface area contributed by atoms with Gasteiger partial charge in [-0.1, -0.05) is 13.3 Å². The number of benzene rings is 1. The van der Waals surface area contributed by atoms with Gasteiger partial charge in [-0.2, -0.15) is 0 Å². The van der Waals surface area contributed by atoms with Crippen molar-refractivity contribution in [1.82, 2.24) is 5.32 Å². The average molecular weight is 311 g/mol. The molecule has 1 aromatic carbocycles. The maximum atomic E-state index is 11.8. The molecule has 0 aliphatic heterocycles. The Morgan fingerprint density at radius 2 is 2.00 bits per heavy atom. The molecule has 0 heterocycles. The third-order valence-electron chi connectivity index (χ3n) is 2.96. The SMILES string of the molecule is CCCC(C)(O)CNC(=O)CSc1ccc(OCC)cc1. The van der Waals surface area contributed by atoms with Gasteiger partial charge in [0.15, 0.2) is 0 Å². The average Bonchev–Trinajstić information content (AvgIpc) is 2.45. The molecule has 0 saturated heterocycles. The number of amides is 1. The number of hydrogen-bond acceptors (Lipinski definition) is 4. The molecule has 0 saturated carbocycles. The molecule has 1 amide bonds. The Balaban J connectivity index is 2.32. The molecule has 0 aliphatic rings. The zero-order valence-electron chi connectivity index (χ0n) is 13.0. The Labute approximate surface area is 131 Å². The van der Waals surface area contributed by atoms with Gasteiger partial charge >= 0.3 is 0 Å². The number of aliphatic hydroxyl groups is 1. The molecule has 21 heavy (non-hydrogen) atoms. The van der Waals surface area contributed by atoms with Crippen molar-refractivity contribution in [3.05, 3.63) is 24.3 Å². The van der Waals surface area contributed by atoms with E-state index in [2.05, 4.69) is 5.32 Å². The summed E-state index contributed by atoms with van der Waals surface area (Å²) in [5.41, 5.74) is -0.825. The molecule has 1 atom stereocenters. The van der Waals surface area contributed by atoms with E-state index in [0.29, 0.717) is 25.3 Å². The predicted molar refractivity (Wildman–Crippen MR) is 86.9 cm³/mol. The number of rotatable bonds is 9. The molecular formula is C16H25NO3S. The zero-order chi connectivity index (χ0) is 15.7. The molecule has 118 valence electrons. The van der Waals surface area contributed by atoms with Crippen molar-refractivity contribution in [2.45, 2.75) is 44.1 Å². The van der Waals surface area contributed by atoms with Gasteiger partial charge in [0.1, 0.15) is 5.75 Å². The van der Waals surface area contributed by atoms with Crippen LogP contribution in [0.4, 0.5) is 0 Å².